The summed E-state index contributed by atoms with van der Waals surface area (Å²) in [4.78, 5) is 10.8. The lowest BCUT2D eigenvalue weighted by molar-refractivity contribution is -0.274. The summed E-state index contributed by atoms with van der Waals surface area (Å²) in [7, 11) is 0. The molecule has 0 unspecified atom stereocenters. The van der Waals surface area contributed by atoms with Crippen LogP contribution in [0.3, 0.4) is 0 Å². The SMILES string of the molecule is O=C(c1cccc(OC(F)(F)F)c1)C(F)F. The first kappa shape index (κ1) is 12.4. The minimum Gasteiger partial charge on any atom is -0.406 e. The Balaban J connectivity index is 2.91. The van der Waals surface area contributed by atoms with Gasteiger partial charge in [-0.2, -0.15) is 0 Å². The van der Waals surface area contributed by atoms with Crippen molar-refractivity contribution in [2.75, 3.05) is 0 Å². The average molecular weight is 240 g/mol. The fraction of sp³-hybridized carbons (Fsp3) is 0.222. The van der Waals surface area contributed by atoms with Gasteiger partial charge in [-0.15, -0.1) is 13.2 Å². The lowest BCUT2D eigenvalue weighted by atomic mass is 10.1. The Morgan fingerprint density at radius 1 is 1.25 bits per heavy atom. The van der Waals surface area contributed by atoms with Gasteiger partial charge in [0, 0.05) is 5.56 Å². The van der Waals surface area contributed by atoms with Gasteiger partial charge >= 0.3 is 12.8 Å². The second-order valence-corrected chi connectivity index (χ2v) is 2.74. The molecule has 2 nitrogen and oxygen atoms in total. The van der Waals surface area contributed by atoms with E-state index in [9.17, 15) is 26.7 Å². The molecule has 0 fully saturated rings. The van der Waals surface area contributed by atoms with E-state index in [1.807, 2.05) is 0 Å². The molecule has 16 heavy (non-hydrogen) atoms. The van der Waals surface area contributed by atoms with Crippen LogP contribution in [-0.4, -0.2) is 18.6 Å². The zero-order chi connectivity index (χ0) is 12.3. The van der Waals surface area contributed by atoms with Gasteiger partial charge in [0.05, 0.1) is 0 Å². The van der Waals surface area contributed by atoms with Crippen LogP contribution in [0.4, 0.5) is 22.0 Å². The number of hydrogen-bond acceptors (Lipinski definition) is 2. The van der Waals surface area contributed by atoms with Gasteiger partial charge in [0.15, 0.2) is 0 Å². The van der Waals surface area contributed by atoms with Crippen molar-refractivity contribution in [1.82, 2.24) is 0 Å². The maximum atomic E-state index is 12.0. The molecule has 0 saturated heterocycles. The van der Waals surface area contributed by atoms with Gasteiger partial charge in [0.2, 0.25) is 5.78 Å². The summed E-state index contributed by atoms with van der Waals surface area (Å²) in [6.07, 6.45) is -8.19. The van der Waals surface area contributed by atoms with Crippen LogP contribution < -0.4 is 4.74 Å². The van der Waals surface area contributed by atoms with Gasteiger partial charge in [-0.05, 0) is 12.1 Å². The number of rotatable bonds is 3. The first-order valence-corrected chi connectivity index (χ1v) is 3.98. The van der Waals surface area contributed by atoms with E-state index in [-0.39, 0.29) is 0 Å². The largest absolute Gasteiger partial charge is 0.573 e. The van der Waals surface area contributed by atoms with E-state index in [0.29, 0.717) is 6.07 Å². The molecule has 88 valence electrons. The van der Waals surface area contributed by atoms with E-state index in [0.717, 1.165) is 18.2 Å². The van der Waals surface area contributed by atoms with Crippen LogP contribution in [-0.2, 0) is 0 Å². The van der Waals surface area contributed by atoms with Crippen LogP contribution in [0.2, 0.25) is 0 Å². The number of halogens is 5. The smallest absolute Gasteiger partial charge is 0.406 e. The van der Waals surface area contributed by atoms with E-state index in [2.05, 4.69) is 4.74 Å². The maximum Gasteiger partial charge on any atom is 0.573 e. The predicted octanol–water partition coefficient (Wildman–Crippen LogP) is 3.03. The number of carbonyl (C=O) groups excluding carboxylic acids is 1. The Bertz CT molecular complexity index is 386. The molecule has 0 atom stereocenters. The van der Waals surface area contributed by atoms with Gasteiger partial charge < -0.3 is 4.74 Å². The Morgan fingerprint density at radius 2 is 1.88 bits per heavy atom. The average Bonchev–Trinajstić information content (AvgIpc) is 2.14. The lowest BCUT2D eigenvalue weighted by Gasteiger charge is -2.09. The molecule has 1 aromatic carbocycles. The van der Waals surface area contributed by atoms with Crippen LogP contribution in [0, 0.1) is 0 Å². The van der Waals surface area contributed by atoms with Crippen LogP contribution in [0.5, 0.6) is 5.75 Å². The predicted molar refractivity (Wildman–Crippen MR) is 43.5 cm³/mol. The monoisotopic (exact) mass is 240 g/mol. The number of ether oxygens (including phenoxy) is 1. The van der Waals surface area contributed by atoms with Gasteiger partial charge in [-0.25, -0.2) is 8.78 Å². The van der Waals surface area contributed by atoms with Crippen LogP contribution in [0.1, 0.15) is 10.4 Å². The summed E-state index contributed by atoms with van der Waals surface area (Å²) < 4.78 is 62.7. The fourth-order valence-corrected chi connectivity index (χ4v) is 0.972. The summed E-state index contributed by atoms with van der Waals surface area (Å²) in [6.45, 7) is 0. The van der Waals surface area contributed by atoms with E-state index in [4.69, 9.17) is 0 Å². The number of ketones is 1. The molecular formula is C9H5F5O2. The van der Waals surface area contributed by atoms with E-state index in [1.165, 1.54) is 0 Å². The third-order valence-electron chi connectivity index (χ3n) is 1.55. The van der Waals surface area contributed by atoms with Gasteiger partial charge in [-0.3, -0.25) is 4.79 Å². The number of Topliss-reactive ketones (excluding diaryl/α,β-unsaturated/α-hetero) is 1. The summed E-state index contributed by atoms with van der Waals surface area (Å²) >= 11 is 0. The molecule has 0 radical (unpaired) electrons. The Morgan fingerprint density at radius 3 is 2.38 bits per heavy atom. The Hall–Kier alpha value is -1.66. The highest BCUT2D eigenvalue weighted by Crippen LogP contribution is 2.24. The number of hydrogen-bond donors (Lipinski definition) is 0. The summed E-state index contributed by atoms with van der Waals surface area (Å²) in [5.74, 6) is -2.26. The molecule has 7 heteroatoms. The van der Waals surface area contributed by atoms with Crippen LogP contribution in [0.25, 0.3) is 0 Å². The van der Waals surface area contributed by atoms with Crippen LogP contribution >= 0.6 is 0 Å². The van der Waals surface area contributed by atoms with Gasteiger partial charge in [-0.1, -0.05) is 12.1 Å². The van der Waals surface area contributed by atoms with Crippen molar-refractivity contribution in [3.8, 4) is 5.75 Å². The molecule has 1 rings (SSSR count). The topological polar surface area (TPSA) is 26.3 Å². The molecule has 0 aliphatic carbocycles. The lowest BCUT2D eigenvalue weighted by Crippen LogP contribution is -2.17. The Kier molecular flexibility index (Phi) is 3.46. The van der Waals surface area contributed by atoms with E-state index in [1.54, 1.807) is 0 Å². The Labute approximate surface area is 86.6 Å². The second-order valence-electron chi connectivity index (χ2n) is 2.74. The third-order valence-corrected chi connectivity index (χ3v) is 1.55. The first-order chi connectivity index (χ1) is 7.29. The third kappa shape index (κ3) is 3.48. The van der Waals surface area contributed by atoms with Crippen molar-refractivity contribution in [1.29, 1.82) is 0 Å². The fourth-order valence-electron chi connectivity index (χ4n) is 0.972. The minimum absolute atomic E-state index is 0.531. The number of carbonyl (C=O) groups is 1. The minimum atomic E-state index is -4.92. The van der Waals surface area contributed by atoms with Crippen LogP contribution in [0.15, 0.2) is 24.3 Å². The molecule has 0 heterocycles. The van der Waals surface area contributed by atoms with Crippen molar-refractivity contribution >= 4 is 5.78 Å². The highest BCUT2D eigenvalue weighted by molar-refractivity contribution is 5.98. The highest BCUT2D eigenvalue weighted by atomic mass is 19.4. The maximum absolute atomic E-state index is 12.0. The summed E-state index contributed by atoms with van der Waals surface area (Å²) in [5.41, 5.74) is -0.531. The molecule has 1 aromatic rings. The molecule has 0 bridgehead atoms. The standard InChI is InChI=1S/C9H5F5O2/c10-8(11)7(15)5-2-1-3-6(4-5)16-9(12,13)14/h1-4,8H. The summed E-state index contributed by atoms with van der Waals surface area (Å²) in [6, 6.07) is 3.53. The highest BCUT2D eigenvalue weighted by Gasteiger charge is 2.31. The molecule has 0 aromatic heterocycles. The second kappa shape index (κ2) is 4.46. The van der Waals surface area contributed by atoms with Crippen molar-refractivity contribution in [2.45, 2.75) is 12.8 Å². The van der Waals surface area contributed by atoms with Crippen molar-refractivity contribution < 1.29 is 31.5 Å². The van der Waals surface area contributed by atoms with E-state index >= 15 is 0 Å². The van der Waals surface area contributed by atoms with E-state index < -0.39 is 29.9 Å². The first-order valence-electron chi connectivity index (χ1n) is 3.98. The van der Waals surface area contributed by atoms with Crippen molar-refractivity contribution in [2.24, 2.45) is 0 Å². The normalized spacial score (nSPS) is 11.6. The zero-order valence-electron chi connectivity index (χ0n) is 7.59. The van der Waals surface area contributed by atoms with Crippen molar-refractivity contribution in [3.05, 3.63) is 29.8 Å². The molecule has 0 aliphatic heterocycles. The van der Waals surface area contributed by atoms with Gasteiger partial charge in [0.25, 0.3) is 0 Å². The molecular weight excluding hydrogens is 235 g/mol. The molecule has 0 amide bonds. The summed E-state index contributed by atoms with van der Waals surface area (Å²) in [5, 5.41) is 0. The molecule has 0 spiro atoms. The van der Waals surface area contributed by atoms with Gasteiger partial charge in [0.1, 0.15) is 5.75 Å². The molecule has 0 aliphatic rings. The molecule has 0 N–H and O–H groups in total. The zero-order valence-corrected chi connectivity index (χ0v) is 7.59. The quantitative estimate of drug-likeness (QED) is 0.599. The molecule has 0 saturated carbocycles. The number of benzene rings is 1. The number of alkyl halides is 5. The van der Waals surface area contributed by atoms with Crippen molar-refractivity contribution in [3.63, 3.8) is 0 Å².